The smallest absolute Gasteiger partial charge is 0.303 e. The van der Waals surface area contributed by atoms with Crippen LogP contribution in [-0.4, -0.2) is 97.0 Å². The summed E-state index contributed by atoms with van der Waals surface area (Å²) in [6.45, 7) is 9.33. The summed E-state index contributed by atoms with van der Waals surface area (Å²) in [6, 6.07) is 7.47. The van der Waals surface area contributed by atoms with E-state index < -0.39 is 60.5 Å². The van der Waals surface area contributed by atoms with Crippen molar-refractivity contribution in [1.82, 2.24) is 15.5 Å². The number of carbonyl (C=O) groups is 5. The molecule has 1 saturated heterocycles. The Labute approximate surface area is 278 Å². The van der Waals surface area contributed by atoms with Crippen molar-refractivity contribution >= 4 is 29.8 Å². The number of aromatic amines is 1. The van der Waals surface area contributed by atoms with Crippen molar-refractivity contribution in [3.05, 3.63) is 41.1 Å². The summed E-state index contributed by atoms with van der Waals surface area (Å²) in [4.78, 5) is 58.9. The molecule has 264 valence electrons. The molecule has 0 aliphatic carbocycles. The molecule has 4 N–H and O–H groups in total. The molecule has 0 saturated carbocycles. The number of nitrogens with zero attached hydrogens (tertiary/aromatic N) is 1. The highest BCUT2D eigenvalue weighted by Gasteiger charge is 2.53. The van der Waals surface area contributed by atoms with Crippen LogP contribution in [0.3, 0.4) is 0 Å². The van der Waals surface area contributed by atoms with E-state index in [-0.39, 0.29) is 24.9 Å². The van der Waals surface area contributed by atoms with Crippen molar-refractivity contribution < 1.29 is 57.1 Å². The number of nitrogens with two attached hydrogens (primary N) is 1. The van der Waals surface area contributed by atoms with E-state index in [1.165, 1.54) is 6.92 Å². The number of aromatic nitrogens is 2. The van der Waals surface area contributed by atoms with E-state index in [1.807, 2.05) is 38.1 Å². The molecule has 48 heavy (non-hydrogen) atoms. The molecule has 3 rings (SSSR count). The van der Waals surface area contributed by atoms with Crippen molar-refractivity contribution in [2.24, 2.45) is 5.73 Å². The number of carbonyl (C=O) groups excluding carboxylic acids is 5. The van der Waals surface area contributed by atoms with Crippen LogP contribution in [0.2, 0.25) is 0 Å². The van der Waals surface area contributed by atoms with Gasteiger partial charge in [0.1, 0.15) is 18.5 Å². The minimum Gasteiger partial charge on any atom is -0.494 e. The highest BCUT2D eigenvalue weighted by Crippen LogP contribution is 2.34. The van der Waals surface area contributed by atoms with Crippen LogP contribution in [-0.2, 0) is 54.1 Å². The summed E-state index contributed by atoms with van der Waals surface area (Å²) in [5.74, 6) is -2.49. The second-order valence-electron chi connectivity index (χ2n) is 11.4. The molecule has 0 radical (unpaired) electrons. The fraction of sp³-hybridized carbons (Fsp3) is 0.562. The molecule has 1 aromatic carbocycles. The fourth-order valence-electron chi connectivity index (χ4n) is 5.01. The van der Waals surface area contributed by atoms with E-state index in [1.54, 1.807) is 0 Å². The molecular formula is C32H44N4O12. The van der Waals surface area contributed by atoms with Gasteiger partial charge in [-0.15, -0.1) is 5.10 Å². The SMILES string of the molecule is CC(=O)OC[C@H]1O[C@@H](Oc2n[nH]c(C(C)C)c2Cc2ccc(OCCCNCC(N)=O)cc2)[C@H](OC(C)=O)[C@@H](OC(C)=O)[C@@H]1OC(C)=O. The lowest BCUT2D eigenvalue weighted by molar-refractivity contribution is -0.289. The van der Waals surface area contributed by atoms with Gasteiger partial charge in [0.15, 0.2) is 12.2 Å². The van der Waals surface area contributed by atoms with Crippen LogP contribution >= 0.6 is 0 Å². The Hall–Kier alpha value is -4.70. The molecule has 1 amide bonds. The normalized spacial score (nSPS) is 20.4. The first-order chi connectivity index (χ1) is 22.7. The minimum absolute atomic E-state index is 0.00558. The lowest BCUT2D eigenvalue weighted by atomic mass is 9.97. The molecule has 2 heterocycles. The van der Waals surface area contributed by atoms with E-state index in [2.05, 4.69) is 15.5 Å². The summed E-state index contributed by atoms with van der Waals surface area (Å²) < 4.78 is 39.8. The van der Waals surface area contributed by atoms with Gasteiger partial charge in [-0.05, 0) is 36.6 Å². The highest BCUT2D eigenvalue weighted by atomic mass is 16.7. The van der Waals surface area contributed by atoms with Crippen molar-refractivity contribution in [2.75, 3.05) is 26.3 Å². The van der Waals surface area contributed by atoms with Gasteiger partial charge >= 0.3 is 23.9 Å². The van der Waals surface area contributed by atoms with E-state index in [9.17, 15) is 24.0 Å². The second-order valence-corrected chi connectivity index (χ2v) is 11.4. The van der Waals surface area contributed by atoms with Crippen molar-refractivity contribution in [3.63, 3.8) is 0 Å². The number of ether oxygens (including phenoxy) is 7. The van der Waals surface area contributed by atoms with Crippen LogP contribution in [0.4, 0.5) is 0 Å². The van der Waals surface area contributed by atoms with Gasteiger partial charge < -0.3 is 44.2 Å². The zero-order valence-electron chi connectivity index (χ0n) is 27.9. The number of esters is 4. The zero-order chi connectivity index (χ0) is 35.4. The van der Waals surface area contributed by atoms with E-state index in [0.717, 1.165) is 32.0 Å². The van der Waals surface area contributed by atoms with Gasteiger partial charge in [0, 0.05) is 45.4 Å². The van der Waals surface area contributed by atoms with Gasteiger partial charge in [-0.1, -0.05) is 26.0 Å². The summed E-state index contributed by atoms with van der Waals surface area (Å²) >= 11 is 0. The van der Waals surface area contributed by atoms with Gasteiger partial charge in [0.2, 0.25) is 24.2 Å². The van der Waals surface area contributed by atoms with Crippen LogP contribution in [0, 0.1) is 0 Å². The summed E-state index contributed by atoms with van der Waals surface area (Å²) in [5.41, 5.74) is 7.48. The zero-order valence-corrected chi connectivity index (χ0v) is 27.9. The van der Waals surface area contributed by atoms with Crippen LogP contribution in [0.25, 0.3) is 0 Å². The maximum atomic E-state index is 12.2. The molecule has 5 atom stereocenters. The molecular weight excluding hydrogens is 632 g/mol. The summed E-state index contributed by atoms with van der Waals surface area (Å²) in [6.07, 6.45) is -5.64. The monoisotopic (exact) mass is 676 g/mol. The van der Waals surface area contributed by atoms with E-state index in [4.69, 9.17) is 38.9 Å². The molecule has 16 nitrogen and oxygen atoms in total. The van der Waals surface area contributed by atoms with Gasteiger partial charge in [-0.2, -0.15) is 0 Å². The van der Waals surface area contributed by atoms with Crippen molar-refractivity contribution in [1.29, 1.82) is 0 Å². The standard InChI is InChI=1S/C32H44N4O12/c1-17(2)27-24(14-22-8-10-23(11-9-22)42-13-7-12-34-15-26(33)41)31(36-35-27)48-32-30(46-21(6)40)29(45-20(5)39)28(44-19(4)38)25(47-32)16-43-18(3)37/h8-11,17,25,28-30,32,34H,7,12-16H2,1-6H3,(H2,33,41)(H,35,36)/t25-,28-,29+,30-,32+/m1/s1. The van der Waals surface area contributed by atoms with Crippen LogP contribution in [0.5, 0.6) is 11.6 Å². The average molecular weight is 677 g/mol. The van der Waals surface area contributed by atoms with Crippen LogP contribution < -0.4 is 20.5 Å². The van der Waals surface area contributed by atoms with Gasteiger partial charge in [0.05, 0.1) is 13.2 Å². The predicted octanol–water partition coefficient (Wildman–Crippen LogP) is 1.43. The Morgan fingerprint density at radius 3 is 2.12 bits per heavy atom. The van der Waals surface area contributed by atoms with Crippen molar-refractivity contribution in [2.45, 2.75) is 91.0 Å². The molecule has 0 unspecified atom stereocenters. The molecule has 1 aromatic heterocycles. The number of hydrogen-bond acceptors (Lipinski definition) is 14. The van der Waals surface area contributed by atoms with Gasteiger partial charge in [0.25, 0.3) is 0 Å². The Kier molecular flexibility index (Phi) is 14.2. The maximum absolute atomic E-state index is 12.2. The number of amides is 1. The number of nitrogens with one attached hydrogen (secondary N) is 2. The molecule has 16 heteroatoms. The first kappa shape index (κ1) is 37.8. The molecule has 0 bridgehead atoms. The number of rotatable bonds is 17. The summed E-state index contributed by atoms with van der Waals surface area (Å²) in [7, 11) is 0. The predicted molar refractivity (Wildman–Crippen MR) is 167 cm³/mol. The summed E-state index contributed by atoms with van der Waals surface area (Å²) in [5, 5.41) is 10.3. The maximum Gasteiger partial charge on any atom is 0.303 e. The van der Waals surface area contributed by atoms with Crippen molar-refractivity contribution in [3.8, 4) is 11.6 Å². The van der Waals surface area contributed by atoms with Gasteiger partial charge in [-0.3, -0.25) is 29.1 Å². The third kappa shape index (κ3) is 11.5. The third-order valence-corrected chi connectivity index (χ3v) is 6.98. The average Bonchev–Trinajstić information content (AvgIpc) is 3.38. The number of H-pyrrole nitrogens is 1. The van der Waals surface area contributed by atoms with Crippen LogP contribution in [0.15, 0.2) is 24.3 Å². The quantitative estimate of drug-likeness (QED) is 0.123. The Balaban J connectivity index is 1.87. The molecule has 1 aliphatic heterocycles. The van der Waals surface area contributed by atoms with E-state index in [0.29, 0.717) is 37.3 Å². The molecule has 2 aromatic rings. The highest BCUT2D eigenvalue weighted by molar-refractivity contribution is 5.75. The minimum atomic E-state index is -1.43. The van der Waals surface area contributed by atoms with E-state index >= 15 is 0 Å². The second kappa shape index (κ2) is 18.0. The fourth-order valence-corrected chi connectivity index (χ4v) is 5.01. The molecule has 1 aliphatic rings. The Bertz CT molecular complexity index is 1410. The van der Waals surface area contributed by atoms with Gasteiger partial charge in [-0.25, -0.2) is 0 Å². The Morgan fingerprint density at radius 2 is 1.54 bits per heavy atom. The number of primary amides is 1. The van der Waals surface area contributed by atoms with Crippen LogP contribution in [0.1, 0.15) is 70.7 Å². The lowest BCUT2D eigenvalue weighted by Crippen LogP contribution is -2.63. The third-order valence-electron chi connectivity index (χ3n) is 6.98. The topological polar surface area (TPSA) is 217 Å². The number of benzene rings is 1. The first-order valence-electron chi connectivity index (χ1n) is 15.5. The largest absolute Gasteiger partial charge is 0.494 e. The Morgan fingerprint density at radius 1 is 0.917 bits per heavy atom. The first-order valence-corrected chi connectivity index (χ1v) is 15.5. The molecule has 0 spiro atoms. The molecule has 1 fully saturated rings. The number of hydrogen-bond donors (Lipinski definition) is 3. The lowest BCUT2D eigenvalue weighted by Gasteiger charge is -2.43.